The van der Waals surface area contributed by atoms with E-state index in [9.17, 15) is 9.90 Å². The van der Waals surface area contributed by atoms with Gasteiger partial charge < -0.3 is 10.4 Å². The van der Waals surface area contributed by atoms with Gasteiger partial charge in [0, 0.05) is 11.6 Å². The Morgan fingerprint density at radius 1 is 0.960 bits per heavy atom. The number of rotatable bonds is 4. The highest BCUT2D eigenvalue weighted by molar-refractivity contribution is 5.92. The maximum atomic E-state index is 12.4. The van der Waals surface area contributed by atoms with Crippen LogP contribution < -0.4 is 5.32 Å². The van der Waals surface area contributed by atoms with Crippen molar-refractivity contribution in [1.29, 1.82) is 0 Å². The first-order valence-electron chi connectivity index (χ1n) is 8.27. The Balaban J connectivity index is 2.17. The van der Waals surface area contributed by atoms with E-state index in [1.165, 1.54) is 0 Å². The summed E-state index contributed by atoms with van der Waals surface area (Å²) in [6.07, 6.45) is 1.57. The number of fused-ring (bicyclic) bond motifs is 1. The van der Waals surface area contributed by atoms with Crippen molar-refractivity contribution in [3.63, 3.8) is 0 Å². The minimum Gasteiger partial charge on any atom is -0.508 e. The predicted octanol–water partition coefficient (Wildman–Crippen LogP) is 4.72. The summed E-state index contributed by atoms with van der Waals surface area (Å²) in [7, 11) is 0. The number of nitrogens with one attached hydrogen (secondary N) is 1. The van der Waals surface area contributed by atoms with Crippen molar-refractivity contribution in [2.75, 3.05) is 0 Å². The van der Waals surface area contributed by atoms with Crippen molar-refractivity contribution in [2.45, 2.75) is 19.9 Å². The molecule has 0 fully saturated rings. The summed E-state index contributed by atoms with van der Waals surface area (Å²) in [6.45, 7) is 3.76. The standard InChI is InChI=1S/C22H21NO2/c1-15(2)14-20(25)23-22(17-9-4-3-5-10-17)21-18-11-7-6-8-16(18)12-13-19(21)24/h3-14,22,24H,1-2H3,(H,23,25). The first kappa shape index (κ1) is 16.8. The van der Waals surface area contributed by atoms with Crippen LogP contribution in [0.25, 0.3) is 10.8 Å². The van der Waals surface area contributed by atoms with Crippen LogP contribution in [0.1, 0.15) is 31.0 Å². The van der Waals surface area contributed by atoms with E-state index in [0.717, 1.165) is 21.9 Å². The van der Waals surface area contributed by atoms with Crippen LogP contribution in [0.2, 0.25) is 0 Å². The van der Waals surface area contributed by atoms with Crippen molar-refractivity contribution < 1.29 is 9.90 Å². The van der Waals surface area contributed by atoms with E-state index >= 15 is 0 Å². The maximum Gasteiger partial charge on any atom is 0.244 e. The van der Waals surface area contributed by atoms with Crippen LogP contribution in [-0.4, -0.2) is 11.0 Å². The molecular weight excluding hydrogens is 310 g/mol. The van der Waals surface area contributed by atoms with Crippen LogP contribution in [0.4, 0.5) is 0 Å². The Kier molecular flexibility index (Phi) is 4.85. The molecule has 3 nitrogen and oxygen atoms in total. The minimum absolute atomic E-state index is 0.171. The molecule has 3 rings (SSSR count). The molecule has 2 N–H and O–H groups in total. The topological polar surface area (TPSA) is 49.3 Å². The number of aromatic hydroxyl groups is 1. The van der Waals surface area contributed by atoms with Crippen molar-refractivity contribution in [3.8, 4) is 5.75 Å². The van der Waals surface area contributed by atoms with Crippen LogP contribution in [0.3, 0.4) is 0 Å². The van der Waals surface area contributed by atoms with Crippen LogP contribution in [-0.2, 0) is 4.79 Å². The fraction of sp³-hybridized carbons (Fsp3) is 0.136. The molecule has 126 valence electrons. The van der Waals surface area contributed by atoms with Gasteiger partial charge in [-0.15, -0.1) is 0 Å². The van der Waals surface area contributed by atoms with E-state index in [1.807, 2.05) is 74.5 Å². The van der Waals surface area contributed by atoms with Gasteiger partial charge in [0.15, 0.2) is 0 Å². The molecule has 0 aliphatic carbocycles. The van der Waals surface area contributed by atoms with Gasteiger partial charge in [0.25, 0.3) is 0 Å². The molecular formula is C22H21NO2. The molecule has 3 heteroatoms. The van der Waals surface area contributed by atoms with Crippen LogP contribution in [0.15, 0.2) is 78.4 Å². The Morgan fingerprint density at radius 2 is 1.64 bits per heavy atom. The Bertz CT molecular complexity index is 925. The first-order chi connectivity index (χ1) is 12.1. The number of phenolic OH excluding ortho intramolecular Hbond substituents is 1. The molecule has 1 unspecified atom stereocenters. The van der Waals surface area contributed by atoms with Crippen LogP contribution in [0, 0.1) is 0 Å². The molecule has 3 aromatic carbocycles. The van der Waals surface area contributed by atoms with Gasteiger partial charge in [-0.25, -0.2) is 0 Å². The zero-order chi connectivity index (χ0) is 17.8. The molecule has 3 aromatic rings. The van der Waals surface area contributed by atoms with Gasteiger partial charge in [-0.2, -0.15) is 0 Å². The smallest absolute Gasteiger partial charge is 0.244 e. The maximum absolute atomic E-state index is 12.4. The molecule has 0 saturated carbocycles. The van der Waals surface area contributed by atoms with E-state index in [4.69, 9.17) is 0 Å². The van der Waals surface area contributed by atoms with Gasteiger partial charge in [-0.3, -0.25) is 4.79 Å². The molecule has 0 saturated heterocycles. The summed E-state index contributed by atoms with van der Waals surface area (Å²) in [6, 6.07) is 20.7. The predicted molar refractivity (Wildman–Crippen MR) is 101 cm³/mol. The van der Waals surface area contributed by atoms with Crippen LogP contribution in [0.5, 0.6) is 5.75 Å². The number of allylic oxidation sites excluding steroid dienone is 1. The number of carbonyl (C=O) groups excluding carboxylic acids is 1. The summed E-state index contributed by atoms with van der Waals surface area (Å²) in [4.78, 5) is 12.4. The molecule has 0 bridgehead atoms. The molecule has 0 aromatic heterocycles. The highest BCUT2D eigenvalue weighted by atomic mass is 16.3. The third kappa shape index (κ3) is 3.72. The SMILES string of the molecule is CC(C)=CC(=O)NC(c1ccccc1)c1c(O)ccc2ccccc12. The van der Waals surface area contributed by atoms with Crippen molar-refractivity contribution >= 4 is 16.7 Å². The molecule has 1 amide bonds. The molecule has 0 aliphatic rings. The van der Waals surface area contributed by atoms with E-state index in [1.54, 1.807) is 12.1 Å². The summed E-state index contributed by atoms with van der Waals surface area (Å²) < 4.78 is 0. The molecule has 0 radical (unpaired) electrons. The molecule has 0 spiro atoms. The number of phenols is 1. The summed E-state index contributed by atoms with van der Waals surface area (Å²) in [5.41, 5.74) is 2.55. The van der Waals surface area contributed by atoms with Gasteiger partial charge in [0.05, 0.1) is 6.04 Å². The van der Waals surface area contributed by atoms with E-state index in [2.05, 4.69) is 5.32 Å². The third-order valence-electron chi connectivity index (χ3n) is 4.08. The summed E-state index contributed by atoms with van der Waals surface area (Å²) >= 11 is 0. The lowest BCUT2D eigenvalue weighted by atomic mass is 9.92. The van der Waals surface area contributed by atoms with Crippen molar-refractivity contribution in [3.05, 3.63) is 89.5 Å². The van der Waals surface area contributed by atoms with Crippen LogP contribution >= 0.6 is 0 Å². The molecule has 25 heavy (non-hydrogen) atoms. The second kappa shape index (κ2) is 7.22. The Hall–Kier alpha value is -3.07. The lowest BCUT2D eigenvalue weighted by Crippen LogP contribution is -2.28. The number of hydrogen-bond acceptors (Lipinski definition) is 2. The minimum atomic E-state index is -0.435. The molecule has 0 heterocycles. The number of carbonyl (C=O) groups is 1. The Morgan fingerprint density at radius 3 is 2.36 bits per heavy atom. The molecule has 1 atom stereocenters. The van der Waals surface area contributed by atoms with E-state index in [0.29, 0.717) is 5.56 Å². The zero-order valence-electron chi connectivity index (χ0n) is 14.4. The number of amides is 1. The number of benzene rings is 3. The lowest BCUT2D eigenvalue weighted by Gasteiger charge is -2.22. The average molecular weight is 331 g/mol. The highest BCUT2D eigenvalue weighted by Crippen LogP contribution is 2.35. The van der Waals surface area contributed by atoms with Gasteiger partial charge >= 0.3 is 0 Å². The largest absolute Gasteiger partial charge is 0.508 e. The Labute approximate surface area is 147 Å². The van der Waals surface area contributed by atoms with Crippen molar-refractivity contribution in [2.24, 2.45) is 0 Å². The quantitative estimate of drug-likeness (QED) is 0.680. The van der Waals surface area contributed by atoms with Gasteiger partial charge in [0.2, 0.25) is 5.91 Å². The van der Waals surface area contributed by atoms with E-state index < -0.39 is 6.04 Å². The van der Waals surface area contributed by atoms with Crippen molar-refractivity contribution in [1.82, 2.24) is 5.32 Å². The summed E-state index contributed by atoms with van der Waals surface area (Å²) in [5.74, 6) is -0.00811. The first-order valence-corrected chi connectivity index (χ1v) is 8.27. The fourth-order valence-corrected chi connectivity index (χ4v) is 3.00. The normalized spacial score (nSPS) is 11.8. The lowest BCUT2D eigenvalue weighted by molar-refractivity contribution is -0.117. The highest BCUT2D eigenvalue weighted by Gasteiger charge is 2.21. The second-order valence-corrected chi connectivity index (χ2v) is 6.29. The second-order valence-electron chi connectivity index (χ2n) is 6.29. The summed E-state index contributed by atoms with van der Waals surface area (Å²) in [5, 5.41) is 15.6. The van der Waals surface area contributed by atoms with E-state index in [-0.39, 0.29) is 11.7 Å². The average Bonchev–Trinajstić information content (AvgIpc) is 2.60. The molecule has 0 aliphatic heterocycles. The van der Waals surface area contributed by atoms with Gasteiger partial charge in [-0.1, -0.05) is 66.2 Å². The van der Waals surface area contributed by atoms with Gasteiger partial charge in [-0.05, 0) is 36.2 Å². The third-order valence-corrected chi connectivity index (χ3v) is 4.08. The fourth-order valence-electron chi connectivity index (χ4n) is 3.00. The van der Waals surface area contributed by atoms with Gasteiger partial charge in [0.1, 0.15) is 5.75 Å². The zero-order valence-corrected chi connectivity index (χ0v) is 14.4. The number of hydrogen-bond donors (Lipinski definition) is 2. The monoisotopic (exact) mass is 331 g/mol.